The molecule has 1 saturated heterocycles. The fraction of sp³-hybridized carbons (Fsp3) is 0.250. The first kappa shape index (κ1) is 17.7. The van der Waals surface area contributed by atoms with Crippen molar-refractivity contribution in [3.63, 3.8) is 0 Å². The lowest BCUT2D eigenvalue weighted by Crippen LogP contribution is -2.37. The minimum atomic E-state index is -0.350. The SMILES string of the molecule is O=C(N[C@@H]1CCOc2ccccc21)[C@@H]1CC(=O)N(c2cccc3ccccc23)C1. The Kier molecular flexibility index (Phi) is 4.43. The summed E-state index contributed by atoms with van der Waals surface area (Å²) in [6, 6.07) is 21.7. The summed E-state index contributed by atoms with van der Waals surface area (Å²) >= 11 is 0. The molecular formula is C24H22N2O3. The summed E-state index contributed by atoms with van der Waals surface area (Å²) in [4.78, 5) is 27.5. The molecule has 0 saturated carbocycles. The van der Waals surface area contributed by atoms with Crippen LogP contribution in [0.3, 0.4) is 0 Å². The zero-order valence-corrected chi connectivity index (χ0v) is 16.0. The fourth-order valence-electron chi connectivity index (χ4n) is 4.34. The number of nitrogens with zero attached hydrogens (tertiary/aromatic N) is 1. The molecular weight excluding hydrogens is 364 g/mol. The molecule has 2 atom stereocenters. The number of para-hydroxylation sites is 1. The van der Waals surface area contributed by atoms with E-state index >= 15 is 0 Å². The second-order valence-electron chi connectivity index (χ2n) is 7.64. The number of benzene rings is 3. The van der Waals surface area contributed by atoms with E-state index in [0.29, 0.717) is 13.2 Å². The number of carbonyl (C=O) groups excluding carboxylic acids is 2. The molecule has 0 unspecified atom stereocenters. The van der Waals surface area contributed by atoms with E-state index in [2.05, 4.69) is 5.32 Å². The third-order valence-corrected chi connectivity index (χ3v) is 5.83. The lowest BCUT2D eigenvalue weighted by atomic mass is 9.99. The van der Waals surface area contributed by atoms with Crippen molar-refractivity contribution in [1.82, 2.24) is 5.32 Å². The van der Waals surface area contributed by atoms with Gasteiger partial charge in [0.1, 0.15) is 5.75 Å². The summed E-state index contributed by atoms with van der Waals surface area (Å²) in [5, 5.41) is 5.27. The van der Waals surface area contributed by atoms with Gasteiger partial charge in [0.15, 0.2) is 0 Å². The minimum absolute atomic E-state index is 0.00567. The van der Waals surface area contributed by atoms with Crippen LogP contribution in [0.4, 0.5) is 5.69 Å². The Labute approximate surface area is 169 Å². The third kappa shape index (κ3) is 3.23. The van der Waals surface area contributed by atoms with Gasteiger partial charge in [0, 0.05) is 30.3 Å². The van der Waals surface area contributed by atoms with Gasteiger partial charge in [0.05, 0.1) is 24.3 Å². The highest BCUT2D eigenvalue weighted by Crippen LogP contribution is 2.34. The van der Waals surface area contributed by atoms with Crippen molar-refractivity contribution in [3.05, 3.63) is 72.3 Å². The second kappa shape index (κ2) is 7.24. The van der Waals surface area contributed by atoms with Crippen LogP contribution in [0.2, 0.25) is 0 Å². The molecule has 0 spiro atoms. The van der Waals surface area contributed by atoms with Crippen LogP contribution in [0.25, 0.3) is 10.8 Å². The highest BCUT2D eigenvalue weighted by molar-refractivity contribution is 6.07. The van der Waals surface area contributed by atoms with Gasteiger partial charge in [0.25, 0.3) is 0 Å². The number of nitrogens with one attached hydrogen (secondary N) is 1. The highest BCUT2D eigenvalue weighted by atomic mass is 16.5. The van der Waals surface area contributed by atoms with E-state index in [0.717, 1.165) is 34.2 Å². The average Bonchev–Trinajstić information content (AvgIpc) is 3.15. The van der Waals surface area contributed by atoms with Gasteiger partial charge in [-0.2, -0.15) is 0 Å². The zero-order valence-electron chi connectivity index (χ0n) is 16.0. The van der Waals surface area contributed by atoms with E-state index in [1.807, 2.05) is 66.7 Å². The fourth-order valence-corrected chi connectivity index (χ4v) is 4.34. The lowest BCUT2D eigenvalue weighted by Gasteiger charge is -2.27. The largest absolute Gasteiger partial charge is 0.493 e. The lowest BCUT2D eigenvalue weighted by molar-refractivity contribution is -0.127. The zero-order chi connectivity index (χ0) is 19.8. The summed E-state index contributed by atoms with van der Waals surface area (Å²) in [7, 11) is 0. The molecule has 3 aromatic carbocycles. The quantitative estimate of drug-likeness (QED) is 0.744. The Morgan fingerprint density at radius 2 is 1.79 bits per heavy atom. The number of anilines is 1. The van der Waals surface area contributed by atoms with Gasteiger partial charge in [-0.15, -0.1) is 0 Å². The van der Waals surface area contributed by atoms with E-state index in [4.69, 9.17) is 4.74 Å². The number of fused-ring (bicyclic) bond motifs is 2. The van der Waals surface area contributed by atoms with Crippen molar-refractivity contribution < 1.29 is 14.3 Å². The molecule has 0 aromatic heterocycles. The number of hydrogen-bond acceptors (Lipinski definition) is 3. The molecule has 1 fully saturated rings. The molecule has 5 rings (SSSR count). The molecule has 2 aliphatic rings. The Hall–Kier alpha value is -3.34. The van der Waals surface area contributed by atoms with Gasteiger partial charge in [-0.1, -0.05) is 54.6 Å². The van der Waals surface area contributed by atoms with Crippen molar-refractivity contribution in [2.24, 2.45) is 5.92 Å². The van der Waals surface area contributed by atoms with Crippen LogP contribution in [0.15, 0.2) is 66.7 Å². The summed E-state index contributed by atoms with van der Waals surface area (Å²) in [6.07, 6.45) is 0.969. The van der Waals surface area contributed by atoms with Crippen molar-refractivity contribution >= 4 is 28.3 Å². The van der Waals surface area contributed by atoms with Crippen LogP contribution in [0.5, 0.6) is 5.75 Å². The van der Waals surface area contributed by atoms with Crippen LogP contribution in [0, 0.1) is 5.92 Å². The second-order valence-corrected chi connectivity index (χ2v) is 7.64. The van der Waals surface area contributed by atoms with Gasteiger partial charge in [-0.25, -0.2) is 0 Å². The highest BCUT2D eigenvalue weighted by Gasteiger charge is 2.37. The van der Waals surface area contributed by atoms with Crippen molar-refractivity contribution in [3.8, 4) is 5.75 Å². The number of ether oxygens (including phenoxy) is 1. The molecule has 0 aliphatic carbocycles. The molecule has 3 aromatic rings. The van der Waals surface area contributed by atoms with Gasteiger partial charge in [-0.05, 0) is 17.5 Å². The number of rotatable bonds is 3. The predicted molar refractivity (Wildman–Crippen MR) is 112 cm³/mol. The Morgan fingerprint density at radius 1 is 1.00 bits per heavy atom. The maximum Gasteiger partial charge on any atom is 0.227 e. The molecule has 5 nitrogen and oxygen atoms in total. The molecule has 29 heavy (non-hydrogen) atoms. The van der Waals surface area contributed by atoms with E-state index in [-0.39, 0.29) is 30.2 Å². The molecule has 146 valence electrons. The normalized spacial score (nSPS) is 21.0. The Morgan fingerprint density at radius 3 is 2.72 bits per heavy atom. The summed E-state index contributed by atoms with van der Waals surface area (Å²) in [5.74, 6) is 0.400. The van der Waals surface area contributed by atoms with Gasteiger partial charge < -0.3 is 15.0 Å². The average molecular weight is 386 g/mol. The van der Waals surface area contributed by atoms with Crippen LogP contribution in [-0.2, 0) is 9.59 Å². The van der Waals surface area contributed by atoms with Gasteiger partial charge >= 0.3 is 0 Å². The van der Waals surface area contributed by atoms with Crippen molar-refractivity contribution in [2.45, 2.75) is 18.9 Å². The maximum atomic E-state index is 13.0. The monoisotopic (exact) mass is 386 g/mol. The van der Waals surface area contributed by atoms with E-state index in [1.54, 1.807) is 4.90 Å². The molecule has 1 N–H and O–H groups in total. The van der Waals surface area contributed by atoms with Gasteiger partial charge in [0.2, 0.25) is 11.8 Å². The first-order valence-corrected chi connectivity index (χ1v) is 10.0. The molecule has 2 heterocycles. The minimum Gasteiger partial charge on any atom is -0.493 e. The van der Waals surface area contributed by atoms with Crippen LogP contribution < -0.4 is 15.0 Å². The maximum absolute atomic E-state index is 13.0. The van der Waals surface area contributed by atoms with E-state index < -0.39 is 0 Å². The van der Waals surface area contributed by atoms with Crippen LogP contribution in [-0.4, -0.2) is 25.0 Å². The summed E-state index contributed by atoms with van der Waals surface area (Å²) in [5.41, 5.74) is 1.88. The first-order chi connectivity index (χ1) is 14.2. The Bertz CT molecular complexity index is 1090. The van der Waals surface area contributed by atoms with E-state index in [1.165, 1.54) is 0 Å². The summed E-state index contributed by atoms with van der Waals surface area (Å²) in [6.45, 7) is 0.983. The van der Waals surface area contributed by atoms with Crippen LogP contribution in [0.1, 0.15) is 24.4 Å². The predicted octanol–water partition coefficient (Wildman–Crippen LogP) is 3.83. The van der Waals surface area contributed by atoms with Crippen molar-refractivity contribution in [1.29, 1.82) is 0 Å². The summed E-state index contributed by atoms with van der Waals surface area (Å²) < 4.78 is 5.68. The number of hydrogen-bond donors (Lipinski definition) is 1. The van der Waals surface area contributed by atoms with Gasteiger partial charge in [-0.3, -0.25) is 9.59 Å². The van der Waals surface area contributed by atoms with E-state index in [9.17, 15) is 9.59 Å². The van der Waals surface area contributed by atoms with Crippen molar-refractivity contribution in [2.75, 3.05) is 18.1 Å². The number of carbonyl (C=O) groups is 2. The molecule has 5 heteroatoms. The molecule has 0 bridgehead atoms. The Balaban J connectivity index is 1.35. The molecule has 0 radical (unpaired) electrons. The smallest absolute Gasteiger partial charge is 0.227 e. The first-order valence-electron chi connectivity index (χ1n) is 10.0. The molecule has 2 aliphatic heterocycles. The third-order valence-electron chi connectivity index (χ3n) is 5.83. The number of amides is 2. The standard InChI is InChI=1S/C24H22N2O3/c27-23-14-17(15-26(23)21-10-5-7-16-6-1-2-8-18(16)21)24(28)25-20-12-13-29-22-11-4-3-9-19(20)22/h1-11,17,20H,12-15H2,(H,25,28)/t17-,20-/m1/s1. The topological polar surface area (TPSA) is 58.6 Å². The van der Waals surface area contributed by atoms with Crippen LogP contribution >= 0.6 is 0 Å². The molecule has 2 amide bonds.